The fourth-order valence-electron chi connectivity index (χ4n) is 0.0186. The van der Waals surface area contributed by atoms with Crippen molar-refractivity contribution in [1.29, 1.82) is 0 Å². The molecule has 0 heterocycles. The van der Waals surface area contributed by atoms with Gasteiger partial charge in [-0.1, -0.05) is 0 Å². The third-order valence-corrected chi connectivity index (χ3v) is 0.471. The molecule has 6 heteroatoms. The molecule has 0 aromatic carbocycles. The van der Waals surface area contributed by atoms with Gasteiger partial charge in [0.05, 0.1) is 0 Å². The van der Waals surface area contributed by atoms with Crippen molar-refractivity contribution in [1.82, 2.24) is 5.48 Å². The standard InChI is InChI=1S/CH4N2O2S.Na.H/c2-1(3-4)6-5;;/h3-4H,2H2;;. The van der Waals surface area contributed by atoms with Crippen LogP contribution in [0, 0.1) is 0 Å². The van der Waals surface area contributed by atoms with Gasteiger partial charge < -0.3 is 5.21 Å². The van der Waals surface area contributed by atoms with Gasteiger partial charge in [0.25, 0.3) is 0 Å². The number of nitrogens with one attached hydrogen (secondary N) is 1. The van der Waals surface area contributed by atoms with E-state index in [1.807, 2.05) is 0 Å². The average Bonchev–Trinajstić information content (AvgIpc) is 1.65. The van der Waals surface area contributed by atoms with Gasteiger partial charge in [-0.25, -0.2) is 4.21 Å². The van der Waals surface area contributed by atoms with E-state index in [4.69, 9.17) is 5.21 Å². The van der Waals surface area contributed by atoms with E-state index in [0.29, 0.717) is 0 Å². The van der Waals surface area contributed by atoms with Crippen molar-refractivity contribution < 1.29 is 9.42 Å². The van der Waals surface area contributed by atoms with Crippen LogP contribution in [0.2, 0.25) is 0 Å². The second-order valence-electron chi connectivity index (χ2n) is 0.559. The fourth-order valence-corrected chi connectivity index (χ4v) is 0.0559. The van der Waals surface area contributed by atoms with Gasteiger partial charge in [-0.3, -0.25) is 5.73 Å². The molecule has 0 spiro atoms. The van der Waals surface area contributed by atoms with E-state index in [-0.39, 0.29) is 45.9 Å². The number of hydroxylamine groups is 1. The van der Waals surface area contributed by atoms with Gasteiger partial charge in [-0.05, 0) is 0 Å². The average molecular weight is 132 g/mol. The van der Waals surface area contributed by atoms with Gasteiger partial charge in [0.1, 0.15) is 11.3 Å². The summed E-state index contributed by atoms with van der Waals surface area (Å²) in [5, 5.41) is 7.46. The Balaban J connectivity index is 0. The Bertz CT molecular complexity index is 89.7. The molecule has 0 bridgehead atoms. The van der Waals surface area contributed by atoms with Gasteiger partial charge in [0, 0.05) is 0 Å². The van der Waals surface area contributed by atoms with Crippen molar-refractivity contribution in [3.8, 4) is 0 Å². The summed E-state index contributed by atoms with van der Waals surface area (Å²) in [5.74, 6) is 0. The molecule has 0 atom stereocenters. The summed E-state index contributed by atoms with van der Waals surface area (Å²) >= 11 is 0.00810. The zero-order valence-corrected chi connectivity index (χ0v) is 3.66. The molecule has 7 heavy (non-hydrogen) atoms. The monoisotopic (exact) mass is 132 g/mol. The second-order valence-corrected chi connectivity index (χ2v) is 1.17. The molecule has 0 aliphatic rings. The van der Waals surface area contributed by atoms with Crippen molar-refractivity contribution in [3.63, 3.8) is 0 Å². The molecule has 0 rings (SSSR count). The van der Waals surface area contributed by atoms with Crippen LogP contribution in [0.5, 0.6) is 0 Å². The van der Waals surface area contributed by atoms with E-state index in [1.54, 1.807) is 0 Å². The zero-order chi connectivity index (χ0) is 4.99. The number of hydrogen-bond acceptors (Lipinski definition) is 2. The first-order chi connectivity index (χ1) is 2.81. The second kappa shape index (κ2) is 6.77. The van der Waals surface area contributed by atoms with Crippen LogP contribution in [0.4, 0.5) is 0 Å². The molecule has 4 nitrogen and oxygen atoms in total. The fraction of sp³-hybridized carbons (Fsp3) is 0. The SMILES string of the molecule is NC(NO)=S=O.[NaH]. The molecule has 0 amide bonds. The number of nitrogens with two attached hydrogens (primary N) is 1. The number of rotatable bonds is 0. The molecule has 4 N–H and O–H groups in total. The van der Waals surface area contributed by atoms with E-state index < -0.39 is 0 Å². The summed E-state index contributed by atoms with van der Waals surface area (Å²) in [6.45, 7) is 0. The van der Waals surface area contributed by atoms with Crippen molar-refractivity contribution in [2.24, 2.45) is 5.73 Å². The molecule has 0 radical (unpaired) electrons. The van der Waals surface area contributed by atoms with Crippen LogP contribution in [0.25, 0.3) is 0 Å². The Morgan fingerprint density at radius 3 is 2.29 bits per heavy atom. The van der Waals surface area contributed by atoms with Crippen LogP contribution in [0.3, 0.4) is 0 Å². The van der Waals surface area contributed by atoms with Crippen LogP contribution in [-0.2, 0) is 11.3 Å². The van der Waals surface area contributed by atoms with E-state index >= 15 is 0 Å². The number of hydrogen-bond donors (Lipinski definition) is 3. The van der Waals surface area contributed by atoms with Crippen LogP contribution in [0.15, 0.2) is 0 Å². The topological polar surface area (TPSA) is 75.3 Å². The normalized spacial score (nSPS) is 6.57. The Labute approximate surface area is 66.4 Å². The Morgan fingerprint density at radius 1 is 1.86 bits per heavy atom. The molecule has 0 saturated heterocycles. The summed E-state index contributed by atoms with van der Waals surface area (Å²) in [4.78, 5) is 0. The van der Waals surface area contributed by atoms with Crippen molar-refractivity contribution in [3.05, 3.63) is 0 Å². The van der Waals surface area contributed by atoms with Gasteiger partial charge >= 0.3 is 29.6 Å². The Hall–Kier alpha value is 0.770. The molecule has 0 aliphatic heterocycles. The van der Waals surface area contributed by atoms with Gasteiger partial charge in [-0.2, -0.15) is 5.48 Å². The first-order valence-corrected chi connectivity index (χ1v) is 1.87. The minimum absolute atomic E-state index is 0. The van der Waals surface area contributed by atoms with Crippen LogP contribution in [0.1, 0.15) is 0 Å². The van der Waals surface area contributed by atoms with Gasteiger partial charge in [0.2, 0.25) is 0 Å². The molecule has 0 aliphatic carbocycles. The summed E-state index contributed by atoms with van der Waals surface area (Å²) in [5.41, 5.74) is 6.14. The molecule has 0 fully saturated rings. The van der Waals surface area contributed by atoms with Gasteiger partial charge in [-0.15, -0.1) is 0 Å². The maximum atomic E-state index is 9.39. The predicted molar refractivity (Wildman–Crippen MR) is 29.4 cm³/mol. The summed E-state index contributed by atoms with van der Waals surface area (Å²) in [6, 6.07) is 0. The third kappa shape index (κ3) is 6.77. The summed E-state index contributed by atoms with van der Waals surface area (Å²) in [6.07, 6.45) is 0. The molecule has 0 saturated carbocycles. The predicted octanol–water partition coefficient (Wildman–Crippen LogP) is -2.42. The Morgan fingerprint density at radius 2 is 2.29 bits per heavy atom. The van der Waals surface area contributed by atoms with Crippen LogP contribution >= 0.6 is 0 Å². The zero-order valence-electron chi connectivity index (χ0n) is 2.84. The maximum absolute atomic E-state index is 9.39. The van der Waals surface area contributed by atoms with Crippen molar-refractivity contribution in [2.45, 2.75) is 0 Å². The summed E-state index contributed by atoms with van der Waals surface area (Å²) < 4.78 is 9.39. The van der Waals surface area contributed by atoms with E-state index in [1.165, 1.54) is 5.48 Å². The van der Waals surface area contributed by atoms with E-state index in [9.17, 15) is 4.21 Å². The van der Waals surface area contributed by atoms with Crippen molar-refractivity contribution in [2.75, 3.05) is 0 Å². The Kier molecular flexibility index (Phi) is 10.3. The van der Waals surface area contributed by atoms with Gasteiger partial charge in [0.15, 0.2) is 5.11 Å². The molecule has 38 valence electrons. The van der Waals surface area contributed by atoms with Crippen LogP contribution < -0.4 is 11.2 Å². The first-order valence-electron chi connectivity index (χ1n) is 1.13. The molecule has 0 aromatic heterocycles. The van der Waals surface area contributed by atoms with Crippen LogP contribution in [-0.4, -0.2) is 44.1 Å². The van der Waals surface area contributed by atoms with E-state index in [0.717, 1.165) is 0 Å². The van der Waals surface area contributed by atoms with Crippen molar-refractivity contribution >= 4 is 45.9 Å². The first kappa shape index (κ1) is 10.7. The quantitative estimate of drug-likeness (QED) is 0.195. The minimum atomic E-state index is -0.241. The van der Waals surface area contributed by atoms with E-state index in [2.05, 4.69) is 5.73 Å². The third-order valence-electron chi connectivity index (χ3n) is 0.200. The molecule has 0 unspecified atom stereocenters. The summed E-state index contributed by atoms with van der Waals surface area (Å²) in [7, 11) is 0. The molecule has 0 aromatic rings. The molecular formula is CH5N2NaO2S. The molecular weight excluding hydrogens is 127 g/mol.